The maximum absolute atomic E-state index is 11.9. The number of amides is 2. The zero-order valence-electron chi connectivity index (χ0n) is 13.7. The second-order valence-corrected chi connectivity index (χ2v) is 6.41. The van der Waals surface area contributed by atoms with Crippen LogP contribution in [-0.2, 0) is 11.2 Å². The Morgan fingerprint density at radius 1 is 1.00 bits per heavy atom. The van der Waals surface area contributed by atoms with Crippen LogP contribution in [0.4, 0.5) is 0 Å². The summed E-state index contributed by atoms with van der Waals surface area (Å²) in [6.07, 6.45) is 2.13. The van der Waals surface area contributed by atoms with Crippen LogP contribution in [0.15, 0.2) is 69.7 Å². The van der Waals surface area contributed by atoms with Gasteiger partial charge in [-0.1, -0.05) is 46.3 Å². The van der Waals surface area contributed by atoms with Gasteiger partial charge in [0.15, 0.2) is 11.7 Å². The Morgan fingerprint density at radius 2 is 1.73 bits per heavy atom. The number of carbonyl (C=O) groups excluding carboxylic acids is 2. The Bertz CT molecular complexity index is 892. The molecule has 0 saturated carbocycles. The summed E-state index contributed by atoms with van der Waals surface area (Å²) >= 11 is 3.30. The highest BCUT2D eigenvalue weighted by Crippen LogP contribution is 2.20. The zero-order chi connectivity index (χ0) is 18.4. The fraction of sp³-hybridized carbons (Fsp3) is 0.105. The van der Waals surface area contributed by atoms with Crippen LogP contribution < -0.4 is 10.9 Å². The first-order valence-corrected chi connectivity index (χ1v) is 8.76. The smallest absolute Gasteiger partial charge is 0.269 e. The molecule has 3 rings (SSSR count). The van der Waals surface area contributed by atoms with Crippen LogP contribution in [0.25, 0.3) is 11.3 Å². The Hall–Kier alpha value is -2.93. The lowest BCUT2D eigenvalue weighted by atomic mass is 10.2. The SMILES string of the molecule is O=C(CCc1ncc(-c2ccccc2)o1)NNC(=O)c1ccc(Br)cc1. The highest BCUT2D eigenvalue weighted by molar-refractivity contribution is 9.10. The predicted octanol–water partition coefficient (Wildman–Crippen LogP) is 3.50. The molecule has 0 aliphatic rings. The van der Waals surface area contributed by atoms with Crippen molar-refractivity contribution in [2.75, 3.05) is 0 Å². The fourth-order valence-electron chi connectivity index (χ4n) is 2.24. The van der Waals surface area contributed by atoms with Crippen molar-refractivity contribution < 1.29 is 14.0 Å². The maximum atomic E-state index is 11.9. The van der Waals surface area contributed by atoms with E-state index in [4.69, 9.17) is 4.42 Å². The number of aromatic nitrogens is 1. The summed E-state index contributed by atoms with van der Waals surface area (Å²) in [6.45, 7) is 0. The van der Waals surface area contributed by atoms with E-state index in [-0.39, 0.29) is 18.2 Å². The Labute approximate surface area is 158 Å². The Kier molecular flexibility index (Phi) is 5.80. The van der Waals surface area contributed by atoms with Crippen LogP contribution in [0.2, 0.25) is 0 Å². The first kappa shape index (κ1) is 17.9. The van der Waals surface area contributed by atoms with Gasteiger partial charge < -0.3 is 4.42 Å². The van der Waals surface area contributed by atoms with Crippen molar-refractivity contribution in [1.29, 1.82) is 0 Å². The van der Waals surface area contributed by atoms with Crippen LogP contribution in [0.1, 0.15) is 22.7 Å². The lowest BCUT2D eigenvalue weighted by Crippen LogP contribution is -2.41. The van der Waals surface area contributed by atoms with E-state index in [2.05, 4.69) is 31.8 Å². The third kappa shape index (κ3) is 4.80. The number of hydrogen-bond acceptors (Lipinski definition) is 4. The molecule has 0 radical (unpaired) electrons. The topological polar surface area (TPSA) is 84.2 Å². The number of nitrogens with one attached hydrogen (secondary N) is 2. The quantitative estimate of drug-likeness (QED) is 0.626. The molecule has 2 amide bonds. The molecule has 3 aromatic rings. The molecule has 0 spiro atoms. The monoisotopic (exact) mass is 413 g/mol. The van der Waals surface area contributed by atoms with Crippen LogP contribution in [0.5, 0.6) is 0 Å². The zero-order valence-corrected chi connectivity index (χ0v) is 15.3. The molecule has 0 aliphatic carbocycles. The minimum absolute atomic E-state index is 0.148. The second kappa shape index (κ2) is 8.44. The average Bonchev–Trinajstić information content (AvgIpc) is 3.15. The van der Waals surface area contributed by atoms with Crippen LogP contribution in [0.3, 0.4) is 0 Å². The standard InChI is InChI=1S/C19H16BrN3O3/c20-15-8-6-14(7-9-15)19(25)23-22-17(24)10-11-18-21-12-16(26-18)13-4-2-1-3-5-13/h1-9,12H,10-11H2,(H,22,24)(H,23,25). The van der Waals surface area contributed by atoms with E-state index in [9.17, 15) is 9.59 Å². The summed E-state index contributed by atoms with van der Waals surface area (Å²) < 4.78 is 6.52. The van der Waals surface area contributed by atoms with Gasteiger partial charge in [-0.05, 0) is 24.3 Å². The molecular weight excluding hydrogens is 398 g/mol. The van der Waals surface area contributed by atoms with Gasteiger partial charge in [0.2, 0.25) is 5.91 Å². The number of halogens is 1. The largest absolute Gasteiger partial charge is 0.441 e. The molecule has 1 heterocycles. The van der Waals surface area contributed by atoms with E-state index in [0.29, 0.717) is 23.6 Å². The van der Waals surface area contributed by atoms with Crippen molar-refractivity contribution in [1.82, 2.24) is 15.8 Å². The Balaban J connectivity index is 1.46. The summed E-state index contributed by atoms with van der Waals surface area (Å²) in [5, 5.41) is 0. The van der Waals surface area contributed by atoms with E-state index in [1.54, 1.807) is 30.5 Å². The second-order valence-electron chi connectivity index (χ2n) is 5.49. The minimum atomic E-state index is -0.381. The molecule has 0 unspecified atom stereocenters. The van der Waals surface area contributed by atoms with Crippen molar-refractivity contribution in [3.63, 3.8) is 0 Å². The van der Waals surface area contributed by atoms with Gasteiger partial charge in [-0.15, -0.1) is 0 Å². The van der Waals surface area contributed by atoms with Gasteiger partial charge in [0, 0.05) is 28.4 Å². The molecule has 2 N–H and O–H groups in total. The van der Waals surface area contributed by atoms with Gasteiger partial charge in [0.05, 0.1) is 6.20 Å². The van der Waals surface area contributed by atoms with Crippen molar-refractivity contribution in [3.8, 4) is 11.3 Å². The predicted molar refractivity (Wildman–Crippen MR) is 100 cm³/mol. The number of hydrazine groups is 1. The normalized spacial score (nSPS) is 10.3. The number of carbonyl (C=O) groups is 2. The molecule has 26 heavy (non-hydrogen) atoms. The highest BCUT2D eigenvalue weighted by atomic mass is 79.9. The van der Waals surface area contributed by atoms with Gasteiger partial charge in [-0.2, -0.15) is 0 Å². The van der Waals surface area contributed by atoms with Crippen LogP contribution in [-0.4, -0.2) is 16.8 Å². The van der Waals surface area contributed by atoms with Crippen molar-refractivity contribution in [2.24, 2.45) is 0 Å². The van der Waals surface area contributed by atoms with Crippen molar-refractivity contribution in [3.05, 3.63) is 76.7 Å². The van der Waals surface area contributed by atoms with E-state index in [1.165, 1.54) is 0 Å². The average molecular weight is 414 g/mol. The summed E-state index contributed by atoms with van der Waals surface area (Å²) in [5.74, 6) is 0.422. The molecule has 2 aromatic carbocycles. The maximum Gasteiger partial charge on any atom is 0.269 e. The molecule has 0 saturated heterocycles. The number of aryl methyl sites for hydroxylation is 1. The third-order valence-electron chi connectivity index (χ3n) is 3.60. The van der Waals surface area contributed by atoms with E-state index in [1.807, 2.05) is 30.3 Å². The fourth-order valence-corrected chi connectivity index (χ4v) is 2.51. The van der Waals surface area contributed by atoms with Crippen molar-refractivity contribution >= 4 is 27.7 Å². The molecule has 0 bridgehead atoms. The van der Waals surface area contributed by atoms with Crippen LogP contribution in [0, 0.1) is 0 Å². The number of benzene rings is 2. The van der Waals surface area contributed by atoms with E-state index >= 15 is 0 Å². The van der Waals surface area contributed by atoms with Gasteiger partial charge in [0.1, 0.15) is 0 Å². The number of nitrogens with zero attached hydrogens (tertiary/aromatic N) is 1. The molecule has 1 aromatic heterocycles. The lowest BCUT2D eigenvalue weighted by Gasteiger charge is -2.06. The van der Waals surface area contributed by atoms with Gasteiger partial charge in [-0.25, -0.2) is 4.98 Å². The van der Waals surface area contributed by atoms with Gasteiger partial charge in [0.25, 0.3) is 5.91 Å². The lowest BCUT2D eigenvalue weighted by molar-refractivity contribution is -0.121. The summed E-state index contributed by atoms with van der Waals surface area (Å²) in [6, 6.07) is 16.4. The minimum Gasteiger partial charge on any atom is -0.441 e. The summed E-state index contributed by atoms with van der Waals surface area (Å²) in [4.78, 5) is 28.0. The van der Waals surface area contributed by atoms with Gasteiger partial charge >= 0.3 is 0 Å². The highest BCUT2D eigenvalue weighted by Gasteiger charge is 2.10. The molecule has 6 nitrogen and oxygen atoms in total. The number of hydrogen-bond donors (Lipinski definition) is 2. The summed E-state index contributed by atoms with van der Waals surface area (Å²) in [7, 11) is 0. The van der Waals surface area contributed by atoms with Gasteiger partial charge in [-0.3, -0.25) is 20.4 Å². The molecule has 7 heteroatoms. The first-order valence-electron chi connectivity index (χ1n) is 7.97. The number of oxazole rings is 1. The first-order chi connectivity index (χ1) is 12.6. The molecule has 0 aliphatic heterocycles. The molecule has 0 fully saturated rings. The molecule has 132 valence electrons. The van der Waals surface area contributed by atoms with Crippen molar-refractivity contribution in [2.45, 2.75) is 12.8 Å². The molecule has 0 atom stereocenters. The Morgan fingerprint density at radius 3 is 2.46 bits per heavy atom. The number of rotatable bonds is 5. The summed E-state index contributed by atoms with van der Waals surface area (Å²) in [5.41, 5.74) is 6.15. The molecular formula is C19H16BrN3O3. The third-order valence-corrected chi connectivity index (χ3v) is 4.13. The van der Waals surface area contributed by atoms with Crippen LogP contribution >= 0.6 is 15.9 Å². The van der Waals surface area contributed by atoms with E-state index < -0.39 is 0 Å². The van der Waals surface area contributed by atoms with E-state index in [0.717, 1.165) is 10.0 Å².